The van der Waals surface area contributed by atoms with Crippen LogP contribution in [-0.4, -0.2) is 31.5 Å². The molecule has 0 atom stereocenters. The molecule has 100 valence electrons. The summed E-state index contributed by atoms with van der Waals surface area (Å²) in [5.41, 5.74) is 1.18. The number of hydrogen-bond acceptors (Lipinski definition) is 1. The van der Waals surface area contributed by atoms with E-state index in [2.05, 4.69) is 28.2 Å². The van der Waals surface area contributed by atoms with E-state index in [4.69, 9.17) is 11.6 Å². The second kappa shape index (κ2) is 7.98. The van der Waals surface area contributed by atoms with Crippen molar-refractivity contribution in [2.45, 2.75) is 26.3 Å². The number of aliphatic imine (C=N–C) groups is 1. The molecule has 3 nitrogen and oxygen atoms in total. The SMILES string of the molecule is CCCCNC(=NC)N(C)Cc1cccc(Cl)c1. The lowest BCUT2D eigenvalue weighted by Gasteiger charge is -2.22. The molecular weight excluding hydrogens is 246 g/mol. The average molecular weight is 268 g/mol. The van der Waals surface area contributed by atoms with E-state index >= 15 is 0 Å². The molecule has 0 aromatic heterocycles. The molecule has 0 fully saturated rings. The average Bonchev–Trinajstić information content (AvgIpc) is 2.34. The highest BCUT2D eigenvalue weighted by atomic mass is 35.5. The van der Waals surface area contributed by atoms with E-state index in [9.17, 15) is 0 Å². The zero-order valence-electron chi connectivity index (χ0n) is 11.4. The molecule has 0 radical (unpaired) electrons. The van der Waals surface area contributed by atoms with Gasteiger partial charge < -0.3 is 10.2 Å². The molecule has 0 aliphatic rings. The minimum Gasteiger partial charge on any atom is -0.356 e. The highest BCUT2D eigenvalue weighted by Crippen LogP contribution is 2.12. The van der Waals surface area contributed by atoms with E-state index in [-0.39, 0.29) is 0 Å². The molecule has 18 heavy (non-hydrogen) atoms. The van der Waals surface area contributed by atoms with E-state index in [1.54, 1.807) is 0 Å². The van der Waals surface area contributed by atoms with E-state index in [0.29, 0.717) is 0 Å². The van der Waals surface area contributed by atoms with Gasteiger partial charge in [0.25, 0.3) is 0 Å². The Kier molecular flexibility index (Phi) is 6.58. The molecule has 4 heteroatoms. The third-order valence-corrected chi connectivity index (χ3v) is 2.93. The van der Waals surface area contributed by atoms with Crippen LogP contribution in [0.25, 0.3) is 0 Å². The third kappa shape index (κ3) is 4.96. The predicted octanol–water partition coefficient (Wildman–Crippen LogP) is 3.15. The van der Waals surface area contributed by atoms with E-state index in [1.807, 2.05) is 32.3 Å². The highest BCUT2D eigenvalue weighted by molar-refractivity contribution is 6.30. The van der Waals surface area contributed by atoms with Crippen LogP contribution >= 0.6 is 11.6 Å². The van der Waals surface area contributed by atoms with Crippen molar-refractivity contribution in [3.05, 3.63) is 34.9 Å². The van der Waals surface area contributed by atoms with Gasteiger partial charge in [0.1, 0.15) is 0 Å². The third-order valence-electron chi connectivity index (χ3n) is 2.70. The fourth-order valence-electron chi connectivity index (χ4n) is 1.75. The number of unbranched alkanes of at least 4 members (excludes halogenated alkanes) is 1. The maximum absolute atomic E-state index is 5.98. The van der Waals surface area contributed by atoms with Crippen LogP contribution < -0.4 is 5.32 Å². The van der Waals surface area contributed by atoms with Gasteiger partial charge in [-0.1, -0.05) is 37.1 Å². The number of nitrogens with one attached hydrogen (secondary N) is 1. The summed E-state index contributed by atoms with van der Waals surface area (Å²) in [4.78, 5) is 6.38. The van der Waals surface area contributed by atoms with Gasteiger partial charge in [-0.2, -0.15) is 0 Å². The quantitative estimate of drug-likeness (QED) is 0.504. The summed E-state index contributed by atoms with van der Waals surface area (Å²) in [6.07, 6.45) is 2.34. The first-order valence-corrected chi connectivity index (χ1v) is 6.71. The summed E-state index contributed by atoms with van der Waals surface area (Å²) < 4.78 is 0. The van der Waals surface area contributed by atoms with Crippen LogP contribution in [0, 0.1) is 0 Å². The van der Waals surface area contributed by atoms with Gasteiger partial charge in [0.2, 0.25) is 0 Å². The maximum Gasteiger partial charge on any atom is 0.193 e. The molecule has 0 unspecified atom stereocenters. The second-order valence-corrected chi connectivity index (χ2v) is 4.75. The monoisotopic (exact) mass is 267 g/mol. The fourth-order valence-corrected chi connectivity index (χ4v) is 1.96. The Balaban J connectivity index is 2.54. The first-order chi connectivity index (χ1) is 8.67. The van der Waals surface area contributed by atoms with Crippen molar-refractivity contribution in [3.8, 4) is 0 Å². The van der Waals surface area contributed by atoms with Gasteiger partial charge in [-0.15, -0.1) is 0 Å². The van der Waals surface area contributed by atoms with Crippen molar-refractivity contribution in [1.29, 1.82) is 0 Å². The zero-order valence-corrected chi connectivity index (χ0v) is 12.2. The second-order valence-electron chi connectivity index (χ2n) is 4.31. The first-order valence-electron chi connectivity index (χ1n) is 6.33. The Morgan fingerprint density at radius 3 is 2.83 bits per heavy atom. The first kappa shape index (κ1) is 14.8. The molecule has 0 aliphatic heterocycles. The van der Waals surface area contributed by atoms with Gasteiger partial charge in [0, 0.05) is 32.2 Å². The van der Waals surface area contributed by atoms with Gasteiger partial charge in [0.05, 0.1) is 0 Å². The summed E-state index contributed by atoms with van der Waals surface area (Å²) in [5.74, 6) is 0.920. The lowest BCUT2D eigenvalue weighted by atomic mass is 10.2. The number of guanidine groups is 1. The summed E-state index contributed by atoms with van der Waals surface area (Å²) >= 11 is 5.98. The number of nitrogens with zero attached hydrogens (tertiary/aromatic N) is 2. The Hall–Kier alpha value is -1.22. The van der Waals surface area contributed by atoms with Crippen LogP contribution in [0.3, 0.4) is 0 Å². The van der Waals surface area contributed by atoms with Crippen LogP contribution in [0.15, 0.2) is 29.3 Å². The Morgan fingerprint density at radius 1 is 1.44 bits per heavy atom. The molecule has 0 heterocycles. The van der Waals surface area contributed by atoms with Crippen molar-refractivity contribution in [3.63, 3.8) is 0 Å². The number of hydrogen-bond donors (Lipinski definition) is 1. The Bertz CT molecular complexity index is 390. The van der Waals surface area contributed by atoms with Crippen molar-refractivity contribution < 1.29 is 0 Å². The molecule has 0 aliphatic carbocycles. The van der Waals surface area contributed by atoms with E-state index < -0.39 is 0 Å². The van der Waals surface area contributed by atoms with Gasteiger partial charge in [-0.05, 0) is 24.1 Å². The standard InChI is InChI=1S/C14H22ClN3/c1-4-5-9-17-14(16-2)18(3)11-12-7-6-8-13(15)10-12/h6-8,10H,4-5,9,11H2,1-3H3,(H,16,17). The maximum atomic E-state index is 5.98. The van der Waals surface area contributed by atoms with Crippen LogP contribution in [0.5, 0.6) is 0 Å². The van der Waals surface area contributed by atoms with Crippen LogP contribution in [0.4, 0.5) is 0 Å². The van der Waals surface area contributed by atoms with Crippen molar-refractivity contribution >= 4 is 17.6 Å². The lowest BCUT2D eigenvalue weighted by molar-refractivity contribution is 0.475. The minimum atomic E-state index is 0.773. The molecule has 0 amide bonds. The Labute approximate surface area is 115 Å². The van der Waals surface area contributed by atoms with Crippen LogP contribution in [-0.2, 0) is 6.54 Å². The smallest absolute Gasteiger partial charge is 0.193 e. The largest absolute Gasteiger partial charge is 0.356 e. The van der Waals surface area contributed by atoms with E-state index in [0.717, 1.165) is 30.5 Å². The van der Waals surface area contributed by atoms with Gasteiger partial charge in [0.15, 0.2) is 5.96 Å². The molecule has 0 bridgehead atoms. The summed E-state index contributed by atoms with van der Waals surface area (Å²) in [5, 5.41) is 4.12. The molecule has 1 aromatic rings. The topological polar surface area (TPSA) is 27.6 Å². The minimum absolute atomic E-state index is 0.773. The van der Waals surface area contributed by atoms with Gasteiger partial charge in [-0.25, -0.2) is 0 Å². The van der Waals surface area contributed by atoms with E-state index in [1.165, 1.54) is 12.0 Å². The molecule has 0 spiro atoms. The molecule has 1 aromatic carbocycles. The summed E-state index contributed by atoms with van der Waals surface area (Å²) in [6.45, 7) is 3.94. The van der Waals surface area contributed by atoms with Crippen molar-refractivity contribution in [1.82, 2.24) is 10.2 Å². The molecular formula is C14H22ClN3. The van der Waals surface area contributed by atoms with Crippen molar-refractivity contribution in [2.75, 3.05) is 20.6 Å². The van der Waals surface area contributed by atoms with Gasteiger partial charge in [-0.3, -0.25) is 4.99 Å². The lowest BCUT2D eigenvalue weighted by Crippen LogP contribution is -2.38. The molecule has 1 rings (SSSR count). The number of halogens is 1. The van der Waals surface area contributed by atoms with Crippen molar-refractivity contribution in [2.24, 2.45) is 4.99 Å². The van der Waals surface area contributed by atoms with Crippen LogP contribution in [0.2, 0.25) is 5.02 Å². The number of benzene rings is 1. The van der Waals surface area contributed by atoms with Gasteiger partial charge >= 0.3 is 0 Å². The molecule has 1 N–H and O–H groups in total. The Morgan fingerprint density at radius 2 is 2.22 bits per heavy atom. The summed E-state index contributed by atoms with van der Waals surface area (Å²) in [6, 6.07) is 7.91. The normalized spacial score (nSPS) is 11.4. The van der Waals surface area contributed by atoms with Crippen LogP contribution in [0.1, 0.15) is 25.3 Å². The molecule has 0 saturated carbocycles. The summed E-state index contributed by atoms with van der Waals surface area (Å²) in [7, 11) is 3.84. The predicted molar refractivity (Wildman–Crippen MR) is 79.2 cm³/mol. The number of rotatable bonds is 5. The fraction of sp³-hybridized carbons (Fsp3) is 0.500. The highest BCUT2D eigenvalue weighted by Gasteiger charge is 2.05. The zero-order chi connectivity index (χ0) is 13.4. The molecule has 0 saturated heterocycles.